The van der Waals surface area contributed by atoms with E-state index < -0.39 is 5.60 Å². The van der Waals surface area contributed by atoms with Gasteiger partial charge in [0.2, 0.25) is 0 Å². The number of fused-ring (bicyclic) bond motifs is 1. The van der Waals surface area contributed by atoms with E-state index in [9.17, 15) is 10.2 Å². The van der Waals surface area contributed by atoms with Gasteiger partial charge < -0.3 is 15.1 Å². The van der Waals surface area contributed by atoms with Crippen molar-refractivity contribution in [3.8, 4) is 0 Å². The number of halogens is 2. The first kappa shape index (κ1) is 32.1. The Bertz CT molecular complexity index is 1440. The Morgan fingerprint density at radius 3 is 2.17 bits per heavy atom. The van der Waals surface area contributed by atoms with Crippen molar-refractivity contribution in [2.24, 2.45) is 0 Å². The molecule has 2 N–H and O–H groups in total. The maximum Gasteiger partial charge on any atom is 0.188 e. The van der Waals surface area contributed by atoms with Crippen LogP contribution in [0.4, 0.5) is 5.69 Å². The van der Waals surface area contributed by atoms with E-state index in [1.54, 1.807) is 0 Å². The van der Waals surface area contributed by atoms with Gasteiger partial charge in [0.25, 0.3) is 0 Å². The minimum Gasteiger partial charge on any atom is -0.391 e. The molecule has 9 heteroatoms. The smallest absolute Gasteiger partial charge is 0.188 e. The average molecular weight is 646 g/mol. The SMILES string of the molecule is CSc1nc(Cl)c(CO)c(CC2(O)CC[C@H](C)c3ccc(N(Cc4ccccc4)Cc4ccccc4)c(Br)c32)n1.[Li]. The van der Waals surface area contributed by atoms with Crippen LogP contribution in [0, 0.1) is 0 Å². The zero-order chi connectivity index (χ0) is 28.3. The molecule has 1 aliphatic rings. The minimum absolute atomic E-state index is 0. The first-order valence-electron chi connectivity index (χ1n) is 13.4. The van der Waals surface area contributed by atoms with Gasteiger partial charge in [-0.1, -0.05) is 97.0 Å². The molecule has 4 aromatic rings. The van der Waals surface area contributed by atoms with Crippen molar-refractivity contribution in [1.29, 1.82) is 0 Å². The second kappa shape index (κ2) is 14.1. The molecule has 5 nitrogen and oxygen atoms in total. The molecule has 1 aromatic heterocycles. The minimum atomic E-state index is -1.20. The molecular formula is C32H33BrClLiN3O2S. The zero-order valence-electron chi connectivity index (χ0n) is 23.6. The van der Waals surface area contributed by atoms with Crippen LogP contribution in [0.5, 0.6) is 0 Å². The summed E-state index contributed by atoms with van der Waals surface area (Å²) in [4.78, 5) is 11.3. The Kier molecular flexibility index (Phi) is 11.0. The summed E-state index contributed by atoms with van der Waals surface area (Å²) >= 11 is 11.8. The molecule has 0 bridgehead atoms. The second-order valence-corrected chi connectivity index (χ2v) is 12.3. The summed E-state index contributed by atoms with van der Waals surface area (Å²) in [7, 11) is 0. The number of rotatable bonds is 9. The van der Waals surface area contributed by atoms with Gasteiger partial charge in [0.05, 0.1) is 23.6 Å². The van der Waals surface area contributed by atoms with Crippen LogP contribution in [0.1, 0.15) is 59.2 Å². The molecule has 1 unspecified atom stereocenters. The summed E-state index contributed by atoms with van der Waals surface area (Å²) in [6.07, 6.45) is 3.53. The number of aliphatic hydroxyl groups excluding tert-OH is 1. The second-order valence-electron chi connectivity index (χ2n) is 10.4. The number of aliphatic hydroxyl groups is 2. The molecule has 2 atom stereocenters. The van der Waals surface area contributed by atoms with Crippen molar-refractivity contribution in [3.63, 3.8) is 0 Å². The molecule has 1 heterocycles. The fourth-order valence-corrected chi connectivity index (χ4v) is 7.27. The Hall–Kier alpha value is -1.82. The predicted octanol–water partition coefficient (Wildman–Crippen LogP) is 7.26. The van der Waals surface area contributed by atoms with Gasteiger partial charge in [-0.05, 0) is 63.7 Å². The van der Waals surface area contributed by atoms with Gasteiger partial charge in [0.15, 0.2) is 5.16 Å². The van der Waals surface area contributed by atoms with Crippen LogP contribution in [0.3, 0.4) is 0 Å². The van der Waals surface area contributed by atoms with Gasteiger partial charge in [-0.15, -0.1) is 0 Å². The van der Waals surface area contributed by atoms with E-state index in [-0.39, 0.29) is 37.0 Å². The first-order chi connectivity index (χ1) is 19.3. The van der Waals surface area contributed by atoms with Gasteiger partial charge in [0, 0.05) is 54.0 Å². The fraction of sp³-hybridized carbons (Fsp3) is 0.312. The van der Waals surface area contributed by atoms with E-state index >= 15 is 0 Å². The molecule has 0 spiro atoms. The molecule has 209 valence electrons. The van der Waals surface area contributed by atoms with Crippen LogP contribution in [0.2, 0.25) is 5.15 Å². The quantitative estimate of drug-likeness (QED) is 0.0865. The summed E-state index contributed by atoms with van der Waals surface area (Å²) < 4.78 is 0.890. The Balaban J connectivity index is 0.00000387. The molecule has 0 saturated heterocycles. The van der Waals surface area contributed by atoms with Crippen LogP contribution in [-0.2, 0) is 31.7 Å². The van der Waals surface area contributed by atoms with E-state index in [2.05, 4.69) is 98.4 Å². The van der Waals surface area contributed by atoms with Gasteiger partial charge in [-0.25, -0.2) is 9.97 Å². The molecule has 3 aromatic carbocycles. The largest absolute Gasteiger partial charge is 0.391 e. The molecular weight excluding hydrogens is 613 g/mol. The fourth-order valence-electron chi connectivity index (χ4n) is 5.60. The van der Waals surface area contributed by atoms with Crippen LogP contribution < -0.4 is 4.90 Å². The molecule has 5 rings (SSSR count). The summed E-state index contributed by atoms with van der Waals surface area (Å²) in [5.41, 5.74) is 5.30. The summed E-state index contributed by atoms with van der Waals surface area (Å²) in [5, 5.41) is 23.2. The van der Waals surface area contributed by atoms with Crippen molar-refractivity contribution in [2.75, 3.05) is 11.2 Å². The predicted molar refractivity (Wildman–Crippen MR) is 173 cm³/mol. The summed E-state index contributed by atoms with van der Waals surface area (Å²) in [6, 6.07) is 25.2. The summed E-state index contributed by atoms with van der Waals surface area (Å²) in [5.74, 6) is 0.297. The van der Waals surface area contributed by atoms with E-state index in [1.165, 1.54) is 22.9 Å². The molecule has 0 saturated carbocycles. The maximum absolute atomic E-state index is 12.4. The van der Waals surface area contributed by atoms with Gasteiger partial charge in [-0.3, -0.25) is 0 Å². The van der Waals surface area contributed by atoms with E-state index in [4.69, 9.17) is 11.6 Å². The van der Waals surface area contributed by atoms with Crippen LogP contribution in [0.25, 0.3) is 0 Å². The van der Waals surface area contributed by atoms with Crippen LogP contribution in [0.15, 0.2) is 82.4 Å². The maximum atomic E-state index is 12.4. The van der Waals surface area contributed by atoms with Gasteiger partial charge >= 0.3 is 0 Å². The normalized spacial score (nSPS) is 18.0. The van der Waals surface area contributed by atoms with Crippen LogP contribution in [-0.4, -0.2) is 45.3 Å². The number of thioether (sulfide) groups is 1. The molecule has 41 heavy (non-hydrogen) atoms. The average Bonchev–Trinajstić information content (AvgIpc) is 2.96. The Labute approximate surface area is 272 Å². The number of benzene rings is 3. The molecule has 1 radical (unpaired) electrons. The van der Waals surface area contributed by atoms with Crippen molar-refractivity contribution < 1.29 is 10.2 Å². The van der Waals surface area contributed by atoms with Crippen LogP contribution >= 0.6 is 39.3 Å². The number of hydrogen-bond donors (Lipinski definition) is 2. The zero-order valence-corrected chi connectivity index (χ0v) is 26.8. The third kappa shape index (κ3) is 7.05. The topological polar surface area (TPSA) is 69.5 Å². The van der Waals surface area contributed by atoms with Gasteiger partial charge in [0.1, 0.15) is 5.15 Å². The van der Waals surface area contributed by atoms with Crippen molar-refractivity contribution in [2.45, 2.75) is 62.6 Å². The van der Waals surface area contributed by atoms with E-state index in [0.717, 1.165) is 27.7 Å². The molecule has 0 amide bonds. The number of hydrogen-bond acceptors (Lipinski definition) is 6. The first-order valence-corrected chi connectivity index (χ1v) is 15.8. The number of aromatic nitrogens is 2. The molecule has 1 aliphatic carbocycles. The monoisotopic (exact) mass is 644 g/mol. The van der Waals surface area contributed by atoms with Crippen molar-refractivity contribution in [1.82, 2.24) is 9.97 Å². The van der Waals surface area contributed by atoms with Crippen molar-refractivity contribution in [3.05, 3.63) is 116 Å². The van der Waals surface area contributed by atoms with E-state index in [1.807, 2.05) is 18.4 Å². The summed E-state index contributed by atoms with van der Waals surface area (Å²) in [6.45, 7) is 3.36. The molecule has 0 fully saturated rings. The Morgan fingerprint density at radius 2 is 1.61 bits per heavy atom. The molecule has 0 aliphatic heterocycles. The number of anilines is 1. The number of nitrogens with zero attached hydrogens (tertiary/aromatic N) is 3. The standard InChI is InChI=1S/C32H33BrClN3O2S.Li/c1-21-15-16-32(39,17-26-25(20-38)30(34)36-31(35-26)40-2)28-24(21)13-14-27(29(28)33)37(18-22-9-5-3-6-10-22)19-23-11-7-4-8-12-23;/h3-14,21,38-39H,15-20H2,1-2H3;/t21-,32?;/m0./s1. The third-order valence-electron chi connectivity index (χ3n) is 7.74. The Morgan fingerprint density at radius 1 is 1.00 bits per heavy atom. The van der Waals surface area contributed by atoms with Gasteiger partial charge in [-0.2, -0.15) is 0 Å². The van der Waals surface area contributed by atoms with E-state index in [0.29, 0.717) is 41.8 Å². The van der Waals surface area contributed by atoms with Crippen molar-refractivity contribution >= 4 is 63.8 Å². The third-order valence-corrected chi connectivity index (χ3v) is 9.40.